The molecule has 154 valence electrons. The van der Waals surface area contributed by atoms with Crippen molar-refractivity contribution in [2.75, 3.05) is 31.6 Å². The van der Waals surface area contributed by atoms with Crippen molar-refractivity contribution in [1.29, 1.82) is 5.26 Å². The summed E-state index contributed by atoms with van der Waals surface area (Å²) >= 11 is 0. The maximum absolute atomic E-state index is 13.7. The third-order valence-electron chi connectivity index (χ3n) is 5.97. The van der Waals surface area contributed by atoms with Gasteiger partial charge in [-0.25, -0.2) is 4.98 Å². The molecule has 2 saturated heterocycles. The van der Waals surface area contributed by atoms with E-state index in [0.29, 0.717) is 12.1 Å². The Labute approximate surface area is 167 Å². The molecule has 0 aliphatic carbocycles. The Bertz CT molecular complexity index is 937. The highest BCUT2D eigenvalue weighted by Gasteiger charge is 2.38. The van der Waals surface area contributed by atoms with Gasteiger partial charge >= 0.3 is 6.18 Å². The van der Waals surface area contributed by atoms with Crippen LogP contribution in [0.4, 0.5) is 19.0 Å². The van der Waals surface area contributed by atoms with E-state index in [-0.39, 0.29) is 23.6 Å². The average molecular weight is 404 g/mol. The SMILES string of the molecule is C[C@H]1CCN1c1nc(-c2cnn(C3CCN(C)CC3)c2)cc(C(F)(F)F)c1C#N. The molecular weight excluding hydrogens is 381 g/mol. The van der Waals surface area contributed by atoms with Gasteiger partial charge in [0.15, 0.2) is 0 Å². The maximum Gasteiger partial charge on any atom is 0.417 e. The molecule has 9 heteroatoms. The molecule has 1 atom stereocenters. The molecule has 2 fully saturated rings. The van der Waals surface area contributed by atoms with Crippen LogP contribution in [0.3, 0.4) is 0 Å². The van der Waals surface area contributed by atoms with Gasteiger partial charge < -0.3 is 9.80 Å². The van der Waals surface area contributed by atoms with Crippen molar-refractivity contribution in [3.05, 3.63) is 29.6 Å². The van der Waals surface area contributed by atoms with Crippen LogP contribution in [0.5, 0.6) is 0 Å². The summed E-state index contributed by atoms with van der Waals surface area (Å²) in [5.41, 5.74) is -0.611. The molecule has 0 N–H and O–H groups in total. The zero-order chi connectivity index (χ0) is 20.8. The fraction of sp³-hybridized carbons (Fsp3) is 0.550. The number of pyridine rings is 1. The largest absolute Gasteiger partial charge is 0.417 e. The molecule has 0 bridgehead atoms. The Morgan fingerprint density at radius 1 is 1.17 bits per heavy atom. The lowest BCUT2D eigenvalue weighted by molar-refractivity contribution is -0.137. The Kier molecular flexibility index (Phi) is 4.99. The minimum atomic E-state index is -4.63. The summed E-state index contributed by atoms with van der Waals surface area (Å²) in [7, 11) is 2.07. The molecule has 2 aromatic heterocycles. The van der Waals surface area contributed by atoms with Crippen molar-refractivity contribution in [2.45, 2.75) is 44.4 Å². The minimum Gasteiger partial charge on any atom is -0.353 e. The number of hydrogen-bond donors (Lipinski definition) is 0. The summed E-state index contributed by atoms with van der Waals surface area (Å²) in [5.74, 6) is 0.114. The van der Waals surface area contributed by atoms with Gasteiger partial charge in [0.2, 0.25) is 0 Å². The van der Waals surface area contributed by atoms with E-state index in [1.165, 1.54) is 0 Å². The van der Waals surface area contributed by atoms with Gasteiger partial charge in [-0.05, 0) is 52.4 Å². The number of anilines is 1. The highest BCUT2D eigenvalue weighted by atomic mass is 19.4. The second-order valence-corrected chi connectivity index (χ2v) is 7.94. The van der Waals surface area contributed by atoms with Crippen molar-refractivity contribution in [1.82, 2.24) is 19.7 Å². The normalized spacial score (nSPS) is 21.1. The van der Waals surface area contributed by atoms with E-state index in [1.54, 1.807) is 23.4 Å². The molecule has 2 aliphatic rings. The number of piperidine rings is 1. The summed E-state index contributed by atoms with van der Waals surface area (Å²) in [5, 5.41) is 13.8. The van der Waals surface area contributed by atoms with Gasteiger partial charge in [-0.1, -0.05) is 0 Å². The van der Waals surface area contributed by atoms with E-state index in [1.807, 2.05) is 11.6 Å². The minimum absolute atomic E-state index is 0.0629. The molecule has 0 unspecified atom stereocenters. The molecule has 4 rings (SSSR count). The van der Waals surface area contributed by atoms with Crippen molar-refractivity contribution in [2.24, 2.45) is 0 Å². The van der Waals surface area contributed by atoms with Crippen LogP contribution < -0.4 is 4.90 Å². The van der Waals surface area contributed by atoms with Crippen LogP contribution in [0.25, 0.3) is 11.3 Å². The lowest BCUT2D eigenvalue weighted by Crippen LogP contribution is -2.46. The predicted molar refractivity (Wildman–Crippen MR) is 102 cm³/mol. The molecule has 6 nitrogen and oxygen atoms in total. The first-order valence-corrected chi connectivity index (χ1v) is 9.80. The summed E-state index contributed by atoms with van der Waals surface area (Å²) in [6.07, 6.45) is 1.47. The second kappa shape index (κ2) is 7.34. The lowest BCUT2D eigenvalue weighted by Gasteiger charge is -2.40. The number of aromatic nitrogens is 3. The average Bonchev–Trinajstić information content (AvgIpc) is 3.16. The fourth-order valence-corrected chi connectivity index (χ4v) is 3.98. The van der Waals surface area contributed by atoms with Crippen LogP contribution in [0.1, 0.15) is 43.4 Å². The summed E-state index contributed by atoms with van der Waals surface area (Å²) in [6.45, 7) is 4.44. The number of alkyl halides is 3. The molecule has 0 radical (unpaired) electrons. The van der Waals surface area contributed by atoms with Gasteiger partial charge in [0, 0.05) is 24.3 Å². The second-order valence-electron chi connectivity index (χ2n) is 7.94. The zero-order valence-electron chi connectivity index (χ0n) is 16.4. The van der Waals surface area contributed by atoms with Gasteiger partial charge in [-0.15, -0.1) is 0 Å². The number of halogens is 3. The van der Waals surface area contributed by atoms with E-state index < -0.39 is 17.3 Å². The monoisotopic (exact) mass is 404 g/mol. The molecular formula is C20H23F3N6. The van der Waals surface area contributed by atoms with E-state index >= 15 is 0 Å². The van der Waals surface area contributed by atoms with E-state index in [0.717, 1.165) is 38.4 Å². The first kappa shape index (κ1) is 19.7. The van der Waals surface area contributed by atoms with Crippen molar-refractivity contribution in [3.8, 4) is 17.3 Å². The fourth-order valence-electron chi connectivity index (χ4n) is 3.98. The van der Waals surface area contributed by atoms with E-state index in [9.17, 15) is 18.4 Å². The topological polar surface area (TPSA) is 61.0 Å². The zero-order valence-corrected chi connectivity index (χ0v) is 16.4. The van der Waals surface area contributed by atoms with Gasteiger partial charge in [0.05, 0.1) is 23.5 Å². The van der Waals surface area contributed by atoms with Crippen LogP contribution in [0, 0.1) is 11.3 Å². The Hall–Kier alpha value is -2.60. The molecule has 0 saturated carbocycles. The van der Waals surface area contributed by atoms with E-state index in [4.69, 9.17) is 0 Å². The molecule has 0 spiro atoms. The van der Waals surface area contributed by atoms with Crippen LogP contribution in [0.15, 0.2) is 18.5 Å². The van der Waals surface area contributed by atoms with Gasteiger partial charge in [0.1, 0.15) is 17.5 Å². The summed E-state index contributed by atoms with van der Waals surface area (Å²) < 4.78 is 42.9. The smallest absolute Gasteiger partial charge is 0.353 e. The van der Waals surface area contributed by atoms with Gasteiger partial charge in [-0.3, -0.25) is 4.68 Å². The number of rotatable bonds is 3. The van der Waals surface area contributed by atoms with Gasteiger partial charge in [0.25, 0.3) is 0 Å². The van der Waals surface area contributed by atoms with Gasteiger partial charge in [-0.2, -0.15) is 23.5 Å². The van der Waals surface area contributed by atoms with Crippen molar-refractivity contribution in [3.63, 3.8) is 0 Å². The molecule has 0 amide bonds. The highest BCUT2D eigenvalue weighted by Crippen LogP contribution is 2.40. The first-order chi connectivity index (χ1) is 13.8. The first-order valence-electron chi connectivity index (χ1n) is 9.80. The number of likely N-dealkylation sites (tertiary alicyclic amines) is 1. The molecule has 2 aromatic rings. The third kappa shape index (κ3) is 3.69. The van der Waals surface area contributed by atoms with E-state index in [2.05, 4.69) is 22.0 Å². The lowest BCUT2D eigenvalue weighted by atomic mass is 10.0. The van der Waals surface area contributed by atoms with Crippen LogP contribution in [-0.4, -0.2) is 52.4 Å². The third-order valence-corrected chi connectivity index (χ3v) is 5.97. The Morgan fingerprint density at radius 2 is 1.90 bits per heavy atom. The number of nitrogens with zero attached hydrogens (tertiary/aromatic N) is 6. The van der Waals surface area contributed by atoms with Crippen LogP contribution in [-0.2, 0) is 6.18 Å². The van der Waals surface area contributed by atoms with Crippen LogP contribution in [0.2, 0.25) is 0 Å². The van der Waals surface area contributed by atoms with Crippen LogP contribution >= 0.6 is 0 Å². The molecule has 29 heavy (non-hydrogen) atoms. The van der Waals surface area contributed by atoms with Crippen molar-refractivity contribution < 1.29 is 13.2 Å². The Morgan fingerprint density at radius 3 is 2.45 bits per heavy atom. The standard InChI is InChI=1S/C20H23F3N6/c1-13-3-8-28(13)19-16(10-24)17(20(21,22)23)9-18(26-19)14-11-25-29(12-14)15-4-6-27(2)7-5-15/h9,11-13,15H,3-8H2,1-2H3/t13-/m0/s1. The Balaban J connectivity index is 1.74. The summed E-state index contributed by atoms with van der Waals surface area (Å²) in [4.78, 5) is 8.48. The van der Waals surface area contributed by atoms with Crippen molar-refractivity contribution >= 4 is 5.82 Å². The predicted octanol–water partition coefficient (Wildman–Crippen LogP) is 3.70. The number of nitriles is 1. The number of hydrogen-bond acceptors (Lipinski definition) is 5. The quantitative estimate of drug-likeness (QED) is 0.781. The molecule has 4 heterocycles. The molecule has 0 aromatic carbocycles. The summed E-state index contributed by atoms with van der Waals surface area (Å²) in [6, 6.07) is 3.00. The maximum atomic E-state index is 13.7. The highest BCUT2D eigenvalue weighted by molar-refractivity contribution is 5.68. The molecule has 2 aliphatic heterocycles.